The molecular weight excluding hydrogens is 146 g/mol. The largest absolute Gasteiger partial charge is 0.481 e. The molecule has 0 radical (unpaired) electrons. The van der Waals surface area contributed by atoms with Gasteiger partial charge in [-0.25, -0.2) is 0 Å². The Bertz CT molecular complexity index is 151. The monoisotopic (exact) mass is 159 g/mol. The van der Waals surface area contributed by atoms with E-state index in [0.29, 0.717) is 6.42 Å². The van der Waals surface area contributed by atoms with Crippen LogP contribution in [-0.2, 0) is 9.59 Å². The van der Waals surface area contributed by atoms with E-state index < -0.39 is 17.8 Å². The van der Waals surface area contributed by atoms with Gasteiger partial charge in [0, 0.05) is 0 Å². The maximum absolute atomic E-state index is 10.5. The fraction of sp³-hybridized carbons (Fsp3) is 0.714. The lowest BCUT2D eigenvalue weighted by atomic mass is 9.97. The molecule has 4 nitrogen and oxygen atoms in total. The van der Waals surface area contributed by atoms with Gasteiger partial charge in [-0.3, -0.25) is 9.59 Å². The molecule has 1 amide bonds. The number of carbonyl (C=O) groups is 2. The standard InChI is InChI=1S/C7H13NO3/c1-4(2)3-5(6(8)9)7(10)11/h4-5H,3H2,1-2H3,(H2,8,9)(H,10,11)/t5-/m1/s1. The number of hydrogen-bond donors (Lipinski definition) is 2. The van der Waals surface area contributed by atoms with Gasteiger partial charge in [-0.1, -0.05) is 13.8 Å². The summed E-state index contributed by atoms with van der Waals surface area (Å²) in [5.41, 5.74) is 4.87. The Labute approximate surface area is 65.4 Å². The van der Waals surface area contributed by atoms with Crippen LogP contribution in [0.3, 0.4) is 0 Å². The van der Waals surface area contributed by atoms with E-state index in [-0.39, 0.29) is 5.92 Å². The van der Waals surface area contributed by atoms with E-state index in [1.165, 1.54) is 0 Å². The lowest BCUT2D eigenvalue weighted by Gasteiger charge is -2.09. The normalized spacial score (nSPS) is 13.0. The van der Waals surface area contributed by atoms with Gasteiger partial charge in [-0.2, -0.15) is 0 Å². The second-order valence-electron chi connectivity index (χ2n) is 2.92. The number of nitrogens with two attached hydrogens (primary N) is 1. The number of carboxylic acid groups (broad SMARTS) is 1. The van der Waals surface area contributed by atoms with Gasteiger partial charge < -0.3 is 10.8 Å². The molecule has 0 rings (SSSR count). The molecule has 0 aliphatic rings. The Morgan fingerprint density at radius 2 is 1.91 bits per heavy atom. The molecule has 11 heavy (non-hydrogen) atoms. The maximum Gasteiger partial charge on any atom is 0.316 e. The molecule has 1 atom stereocenters. The molecule has 3 N–H and O–H groups in total. The fourth-order valence-electron chi connectivity index (χ4n) is 0.810. The van der Waals surface area contributed by atoms with Gasteiger partial charge in [-0.15, -0.1) is 0 Å². The summed E-state index contributed by atoms with van der Waals surface area (Å²) in [5.74, 6) is -2.75. The average molecular weight is 159 g/mol. The molecule has 0 heterocycles. The molecule has 0 bridgehead atoms. The minimum atomic E-state index is -1.13. The molecule has 64 valence electrons. The maximum atomic E-state index is 10.5. The molecule has 0 unspecified atom stereocenters. The molecule has 0 aliphatic carbocycles. The number of hydrogen-bond acceptors (Lipinski definition) is 2. The summed E-state index contributed by atoms with van der Waals surface area (Å²) in [6, 6.07) is 0. The molecule has 0 aliphatic heterocycles. The van der Waals surface area contributed by atoms with Crippen LogP contribution >= 0.6 is 0 Å². The first kappa shape index (κ1) is 9.94. The second kappa shape index (κ2) is 3.95. The Hall–Kier alpha value is -1.06. The van der Waals surface area contributed by atoms with Crippen molar-refractivity contribution in [2.45, 2.75) is 20.3 Å². The molecule has 0 aromatic carbocycles. The molecule has 0 saturated carbocycles. The fourth-order valence-corrected chi connectivity index (χ4v) is 0.810. The van der Waals surface area contributed by atoms with Crippen molar-refractivity contribution in [3.63, 3.8) is 0 Å². The van der Waals surface area contributed by atoms with Crippen LogP contribution in [0.5, 0.6) is 0 Å². The van der Waals surface area contributed by atoms with Crippen LogP contribution in [-0.4, -0.2) is 17.0 Å². The van der Waals surface area contributed by atoms with Gasteiger partial charge in [0.15, 0.2) is 0 Å². The summed E-state index contributed by atoms with van der Waals surface area (Å²) in [4.78, 5) is 20.9. The van der Waals surface area contributed by atoms with Gasteiger partial charge in [0.1, 0.15) is 5.92 Å². The lowest BCUT2D eigenvalue weighted by Crippen LogP contribution is -2.31. The number of amides is 1. The third-order valence-electron chi connectivity index (χ3n) is 1.35. The van der Waals surface area contributed by atoms with Gasteiger partial charge in [0.25, 0.3) is 0 Å². The Balaban J connectivity index is 4.12. The van der Waals surface area contributed by atoms with Crippen molar-refractivity contribution in [1.82, 2.24) is 0 Å². The van der Waals surface area contributed by atoms with Crippen LogP contribution < -0.4 is 5.73 Å². The SMILES string of the molecule is CC(C)C[C@H](C(N)=O)C(=O)O. The van der Waals surface area contributed by atoms with Crippen LogP contribution in [0.1, 0.15) is 20.3 Å². The minimum Gasteiger partial charge on any atom is -0.481 e. The number of primary amides is 1. The van der Waals surface area contributed by atoms with E-state index in [4.69, 9.17) is 10.8 Å². The highest BCUT2D eigenvalue weighted by Gasteiger charge is 2.24. The summed E-state index contributed by atoms with van der Waals surface area (Å²) < 4.78 is 0. The summed E-state index contributed by atoms with van der Waals surface area (Å²) in [6.07, 6.45) is 0.310. The Morgan fingerprint density at radius 3 is 2.00 bits per heavy atom. The van der Waals surface area contributed by atoms with E-state index in [2.05, 4.69) is 0 Å². The summed E-state index contributed by atoms with van der Waals surface area (Å²) >= 11 is 0. The number of carboxylic acids is 1. The molecule has 0 aromatic rings. The summed E-state index contributed by atoms with van der Waals surface area (Å²) in [5, 5.41) is 8.49. The van der Waals surface area contributed by atoms with E-state index in [9.17, 15) is 9.59 Å². The Kier molecular flexibility index (Phi) is 3.57. The van der Waals surface area contributed by atoms with Gasteiger partial charge in [0.05, 0.1) is 0 Å². The van der Waals surface area contributed by atoms with Crippen LogP contribution in [0, 0.1) is 11.8 Å². The molecular formula is C7H13NO3. The first-order chi connectivity index (χ1) is 4.95. The summed E-state index contributed by atoms with van der Waals surface area (Å²) in [7, 11) is 0. The first-order valence-electron chi connectivity index (χ1n) is 3.47. The first-order valence-corrected chi connectivity index (χ1v) is 3.47. The molecule has 0 fully saturated rings. The van der Waals surface area contributed by atoms with Crippen molar-refractivity contribution in [2.24, 2.45) is 17.6 Å². The number of rotatable bonds is 4. The van der Waals surface area contributed by atoms with E-state index in [0.717, 1.165) is 0 Å². The van der Waals surface area contributed by atoms with Crippen LogP contribution in [0.4, 0.5) is 0 Å². The number of carbonyl (C=O) groups excluding carboxylic acids is 1. The third kappa shape index (κ3) is 3.60. The van der Waals surface area contributed by atoms with Crippen LogP contribution in [0.25, 0.3) is 0 Å². The van der Waals surface area contributed by atoms with Gasteiger partial charge >= 0.3 is 5.97 Å². The Morgan fingerprint density at radius 1 is 1.45 bits per heavy atom. The predicted octanol–water partition coefficient (Wildman–Crippen LogP) is 0.219. The lowest BCUT2D eigenvalue weighted by molar-refractivity contribution is -0.146. The highest BCUT2D eigenvalue weighted by molar-refractivity contribution is 5.95. The van der Waals surface area contributed by atoms with Crippen molar-refractivity contribution in [3.05, 3.63) is 0 Å². The van der Waals surface area contributed by atoms with Crippen molar-refractivity contribution in [2.75, 3.05) is 0 Å². The zero-order chi connectivity index (χ0) is 9.02. The molecule has 0 aromatic heterocycles. The zero-order valence-electron chi connectivity index (χ0n) is 6.70. The second-order valence-corrected chi connectivity index (χ2v) is 2.92. The topological polar surface area (TPSA) is 80.4 Å². The van der Waals surface area contributed by atoms with E-state index in [1.54, 1.807) is 0 Å². The van der Waals surface area contributed by atoms with Crippen molar-refractivity contribution >= 4 is 11.9 Å². The van der Waals surface area contributed by atoms with E-state index >= 15 is 0 Å². The number of aliphatic carboxylic acids is 1. The molecule has 0 saturated heterocycles. The molecule has 4 heteroatoms. The van der Waals surface area contributed by atoms with Crippen LogP contribution in [0.2, 0.25) is 0 Å². The van der Waals surface area contributed by atoms with Crippen molar-refractivity contribution < 1.29 is 14.7 Å². The quantitative estimate of drug-likeness (QED) is 0.576. The molecule has 0 spiro atoms. The highest BCUT2D eigenvalue weighted by atomic mass is 16.4. The predicted molar refractivity (Wildman–Crippen MR) is 39.8 cm³/mol. The van der Waals surface area contributed by atoms with Crippen molar-refractivity contribution in [3.8, 4) is 0 Å². The van der Waals surface area contributed by atoms with Crippen molar-refractivity contribution in [1.29, 1.82) is 0 Å². The van der Waals surface area contributed by atoms with Gasteiger partial charge in [-0.05, 0) is 12.3 Å². The zero-order valence-corrected chi connectivity index (χ0v) is 6.70. The summed E-state index contributed by atoms with van der Waals surface area (Å²) in [6.45, 7) is 3.69. The minimum absolute atomic E-state index is 0.170. The highest BCUT2D eigenvalue weighted by Crippen LogP contribution is 2.10. The third-order valence-corrected chi connectivity index (χ3v) is 1.35. The van der Waals surface area contributed by atoms with Gasteiger partial charge in [0.2, 0.25) is 5.91 Å². The van der Waals surface area contributed by atoms with E-state index in [1.807, 2.05) is 13.8 Å². The average Bonchev–Trinajstić information content (AvgIpc) is 1.81. The van der Waals surface area contributed by atoms with Crippen LogP contribution in [0.15, 0.2) is 0 Å². The smallest absolute Gasteiger partial charge is 0.316 e.